The zero-order chi connectivity index (χ0) is 28.6. The molecule has 1 fully saturated rings. The number of carbonyl (C=O) groups excluding carboxylic acids is 1. The van der Waals surface area contributed by atoms with E-state index in [4.69, 9.17) is 17.8 Å². The van der Waals surface area contributed by atoms with Gasteiger partial charge in [-0.3, -0.25) is 4.79 Å². The van der Waals surface area contributed by atoms with E-state index in [2.05, 4.69) is 0 Å². The van der Waals surface area contributed by atoms with Crippen molar-refractivity contribution in [3.8, 4) is 0 Å². The molecule has 126 valence electrons. The van der Waals surface area contributed by atoms with Crippen LogP contribution in [-0.2, 0) is 16.0 Å². The second-order valence-corrected chi connectivity index (χ2v) is 5.07. The molecule has 0 aliphatic heterocycles. The zero-order valence-electron chi connectivity index (χ0n) is 25.7. The summed E-state index contributed by atoms with van der Waals surface area (Å²) in [6.45, 7) is 2.30. The molecule has 1 aromatic rings. The topological polar surface area (TPSA) is 66.4 Å². The predicted octanol–water partition coefficient (Wildman–Crippen LogP) is 3.26. The Labute approximate surface area is 156 Å². The molecule has 0 aromatic heterocycles. The Morgan fingerprint density at radius 3 is 2.48 bits per heavy atom. The molecule has 0 heterocycles. The summed E-state index contributed by atoms with van der Waals surface area (Å²) in [4.78, 5) is 25.4. The normalized spacial score (nSPS) is 48.0. The fourth-order valence-corrected chi connectivity index (χ4v) is 1.70. The molecule has 1 aliphatic carbocycles. The van der Waals surface area contributed by atoms with E-state index < -0.39 is 73.0 Å². The van der Waals surface area contributed by atoms with Gasteiger partial charge in [0, 0.05) is 28.7 Å². The average Bonchev–Trinajstić information content (AvgIpc) is 2.76. The lowest BCUT2D eigenvalue weighted by atomic mass is 9.76. The highest BCUT2D eigenvalue weighted by atomic mass is 16.4. The van der Waals surface area contributed by atoms with E-state index in [9.17, 15) is 14.7 Å². The summed E-state index contributed by atoms with van der Waals surface area (Å²) in [5, 5.41) is 11.1. The van der Waals surface area contributed by atoms with Crippen molar-refractivity contribution >= 4 is 11.9 Å². The molecule has 0 bridgehead atoms. The van der Waals surface area contributed by atoms with Crippen LogP contribution in [0.3, 0.4) is 0 Å². The first kappa shape index (κ1) is 6.96. The van der Waals surface area contributed by atoms with Crippen LogP contribution in [0.15, 0.2) is 30.3 Å². The van der Waals surface area contributed by atoms with Gasteiger partial charge in [0.2, 0.25) is 5.91 Å². The minimum atomic E-state index is -4.11. The van der Waals surface area contributed by atoms with Crippen LogP contribution in [-0.4, -0.2) is 23.0 Å². The first-order valence-electron chi connectivity index (χ1n) is 13.5. The van der Waals surface area contributed by atoms with E-state index in [0.29, 0.717) is 0 Å². The van der Waals surface area contributed by atoms with E-state index in [1.807, 2.05) is 0 Å². The Morgan fingerprint density at radius 1 is 1.35 bits per heavy atom. The van der Waals surface area contributed by atoms with Crippen LogP contribution in [0.2, 0.25) is 0 Å². The van der Waals surface area contributed by atoms with E-state index in [1.165, 1.54) is 23.5 Å². The summed E-state index contributed by atoms with van der Waals surface area (Å²) in [5.41, 5.74) is -0.410. The fourth-order valence-electron chi connectivity index (χ4n) is 1.70. The van der Waals surface area contributed by atoms with Crippen molar-refractivity contribution in [2.45, 2.75) is 51.7 Å². The molecule has 2 rings (SSSR count). The summed E-state index contributed by atoms with van der Waals surface area (Å²) < 4.78 is 109. The minimum Gasteiger partial charge on any atom is -0.480 e. The number of nitrogens with one attached hydrogen (secondary N) is 1. The molecule has 1 saturated carbocycles. The molecule has 4 heteroatoms. The van der Waals surface area contributed by atoms with Crippen molar-refractivity contribution in [3.63, 3.8) is 0 Å². The smallest absolute Gasteiger partial charge is 0.326 e. The second-order valence-electron chi connectivity index (χ2n) is 5.07. The lowest BCUT2D eigenvalue weighted by Gasteiger charge is -2.30. The third-order valence-electron chi connectivity index (χ3n) is 2.94. The van der Waals surface area contributed by atoms with Crippen LogP contribution >= 0.6 is 0 Å². The van der Waals surface area contributed by atoms with Crippen LogP contribution in [0, 0.1) is 17.7 Å². The van der Waals surface area contributed by atoms with Gasteiger partial charge in [0.05, 0.1) is 1.37 Å². The van der Waals surface area contributed by atoms with Crippen molar-refractivity contribution in [3.05, 3.63) is 35.9 Å². The third kappa shape index (κ3) is 5.08. The monoisotopic (exact) mass is 330 g/mol. The maximum absolute atomic E-state index is 13.4. The van der Waals surface area contributed by atoms with Gasteiger partial charge in [-0.25, -0.2) is 4.79 Å². The van der Waals surface area contributed by atoms with Crippen LogP contribution < -0.4 is 5.32 Å². The van der Waals surface area contributed by atoms with Gasteiger partial charge < -0.3 is 10.4 Å². The van der Waals surface area contributed by atoms with E-state index in [-0.39, 0.29) is 0 Å². The van der Waals surface area contributed by atoms with Crippen molar-refractivity contribution in [1.82, 2.24) is 5.32 Å². The molecule has 0 saturated heterocycles. The first-order valence-corrected chi connectivity index (χ1v) is 6.99. The number of hydrogen-bond acceptors (Lipinski definition) is 2. The summed E-state index contributed by atoms with van der Waals surface area (Å²) in [7, 11) is 0. The molecule has 23 heavy (non-hydrogen) atoms. The van der Waals surface area contributed by atoms with Gasteiger partial charge >= 0.3 is 5.97 Å². The first-order chi connectivity index (χ1) is 15.9. The predicted molar refractivity (Wildman–Crippen MR) is 90.0 cm³/mol. The number of rotatable bonds is 6. The van der Waals surface area contributed by atoms with Crippen LogP contribution in [0.1, 0.15) is 62.7 Å². The Morgan fingerprint density at radius 2 is 1.96 bits per heavy atom. The Bertz CT molecular complexity index is 1020. The Kier molecular flexibility index (Phi) is 2.46. The summed E-state index contributed by atoms with van der Waals surface area (Å²) >= 11 is 0. The zero-order valence-corrected chi connectivity index (χ0v) is 12.7. The SMILES string of the molecule is [2H]C(NC(=O)C1([2H])C([2H])([2H])C([2H])([2H])C([2H])(C(C)C)C([2H])([2H])C1([2H])[2H])(C(=O)O)C([2H])([2H])c1ccccc1. The van der Waals surface area contributed by atoms with Crippen LogP contribution in [0.4, 0.5) is 0 Å². The van der Waals surface area contributed by atoms with Crippen LogP contribution in [0.5, 0.6) is 0 Å². The molecule has 1 amide bonds. The molecular weight excluding hydrogens is 290 g/mol. The summed E-state index contributed by atoms with van der Waals surface area (Å²) in [5.74, 6) is -13.2. The highest BCUT2D eigenvalue weighted by Gasteiger charge is 2.30. The molecule has 1 unspecified atom stereocenters. The number of hydrogen-bond donors (Lipinski definition) is 2. The average molecular weight is 331 g/mol. The second kappa shape index (κ2) is 8.14. The van der Waals surface area contributed by atoms with Gasteiger partial charge in [-0.15, -0.1) is 0 Å². The number of carboxylic acid groups (broad SMARTS) is 1. The van der Waals surface area contributed by atoms with Crippen LogP contribution in [0.25, 0.3) is 0 Å². The molecule has 4 nitrogen and oxygen atoms in total. The number of benzene rings is 1. The molecular formula is C19H27NO3. The van der Waals surface area contributed by atoms with E-state index in [0.717, 1.165) is 26.0 Å². The number of aliphatic carboxylic acids is 1. The molecule has 2 N–H and O–H groups in total. The lowest BCUT2D eigenvalue weighted by molar-refractivity contribution is -0.142. The van der Waals surface area contributed by atoms with Gasteiger partial charge in [-0.2, -0.15) is 0 Å². The summed E-state index contributed by atoms with van der Waals surface area (Å²) in [6.07, 6.45) is -18.6. The minimum absolute atomic E-state index is 0.410. The Hall–Kier alpha value is -1.84. The van der Waals surface area contributed by atoms with Gasteiger partial charge in [0.1, 0.15) is 6.02 Å². The van der Waals surface area contributed by atoms with Crippen molar-refractivity contribution in [2.24, 2.45) is 17.7 Å². The van der Waals surface area contributed by atoms with Crippen molar-refractivity contribution < 1.29 is 32.5 Å². The maximum Gasteiger partial charge on any atom is 0.326 e. The summed E-state index contributed by atoms with van der Waals surface area (Å²) in [6, 6.07) is 2.60. The van der Waals surface area contributed by atoms with Crippen molar-refractivity contribution in [1.29, 1.82) is 0 Å². The molecule has 0 radical (unpaired) electrons. The standard InChI is InChI=1S/C19H27NO3/c1-13(2)15-8-10-16(11-9-15)18(21)20-17(19(22)23)12-14-6-4-3-5-7-14/h3-7,13,15-17H,8-12H2,1-2H3,(H,20,21)(H,22,23)/i8D2,9D2,10D2,11D2,12D2,15D,16D,17D. The van der Waals surface area contributed by atoms with Gasteiger partial charge in [0.15, 0.2) is 0 Å². The number of carboxylic acids is 1. The fraction of sp³-hybridized carbons (Fsp3) is 0.579. The molecule has 1 aliphatic rings. The third-order valence-corrected chi connectivity index (χ3v) is 2.94. The van der Waals surface area contributed by atoms with E-state index >= 15 is 0 Å². The molecule has 0 spiro atoms. The van der Waals surface area contributed by atoms with Gasteiger partial charge in [-0.05, 0) is 42.9 Å². The van der Waals surface area contributed by atoms with Crippen molar-refractivity contribution in [2.75, 3.05) is 0 Å². The largest absolute Gasteiger partial charge is 0.480 e. The Balaban J connectivity index is 2.81. The van der Waals surface area contributed by atoms with Gasteiger partial charge in [-0.1, -0.05) is 44.2 Å². The maximum atomic E-state index is 13.4. The lowest BCUT2D eigenvalue weighted by Crippen LogP contribution is -2.45. The number of amides is 1. The molecule has 1 aromatic carbocycles. The highest BCUT2D eigenvalue weighted by Crippen LogP contribution is 2.33. The quantitative estimate of drug-likeness (QED) is 0.841. The number of carbonyl (C=O) groups is 2. The van der Waals surface area contributed by atoms with E-state index in [1.54, 1.807) is 0 Å². The highest BCUT2D eigenvalue weighted by molar-refractivity contribution is 5.85. The molecule has 1 atom stereocenters. The van der Waals surface area contributed by atoms with Gasteiger partial charge in [0.25, 0.3) is 0 Å².